The molecule has 0 radical (unpaired) electrons. The Bertz CT molecular complexity index is 1100. The molecule has 0 aliphatic carbocycles. The van der Waals surface area contributed by atoms with Crippen molar-refractivity contribution in [2.45, 2.75) is 4.90 Å². The molecule has 0 atom stereocenters. The van der Waals surface area contributed by atoms with Gasteiger partial charge in [0.15, 0.2) is 11.5 Å². The zero-order valence-electron chi connectivity index (χ0n) is 13.3. The highest BCUT2D eigenvalue weighted by atomic mass is 32.2. The van der Waals surface area contributed by atoms with Crippen LogP contribution in [-0.2, 0) is 0 Å². The minimum atomic E-state index is -0.264. The molecule has 4 aromatic rings. The van der Waals surface area contributed by atoms with Crippen molar-refractivity contribution in [1.29, 1.82) is 0 Å². The van der Waals surface area contributed by atoms with Gasteiger partial charge in [0.2, 0.25) is 0 Å². The van der Waals surface area contributed by atoms with E-state index in [1.807, 2.05) is 30.5 Å². The molecule has 0 bridgehead atoms. The summed E-state index contributed by atoms with van der Waals surface area (Å²) in [4.78, 5) is 22.8. The summed E-state index contributed by atoms with van der Waals surface area (Å²) < 4.78 is 1.55. The van der Waals surface area contributed by atoms with Gasteiger partial charge in [-0.1, -0.05) is 0 Å². The van der Waals surface area contributed by atoms with Gasteiger partial charge in [-0.2, -0.15) is 5.10 Å². The maximum Gasteiger partial charge on any atom is 0.271 e. The van der Waals surface area contributed by atoms with Crippen molar-refractivity contribution in [3.63, 3.8) is 0 Å². The lowest BCUT2D eigenvalue weighted by Gasteiger charge is -2.13. The lowest BCUT2D eigenvalue weighted by atomic mass is 10.2. The molecule has 0 unspecified atom stereocenters. The van der Waals surface area contributed by atoms with Gasteiger partial charge in [0.1, 0.15) is 11.2 Å². The summed E-state index contributed by atoms with van der Waals surface area (Å²) in [6.45, 7) is 0. The van der Waals surface area contributed by atoms with Gasteiger partial charge in [-0.15, -0.1) is 11.8 Å². The Morgan fingerprint density at radius 2 is 1.84 bits per heavy atom. The fraction of sp³-hybridized carbons (Fsp3) is 0.0588. The monoisotopic (exact) mass is 350 g/mol. The van der Waals surface area contributed by atoms with Crippen LogP contribution < -0.4 is 11.3 Å². The third-order valence-electron chi connectivity index (χ3n) is 3.89. The molecule has 1 aromatic carbocycles. The predicted molar refractivity (Wildman–Crippen MR) is 98.9 cm³/mol. The van der Waals surface area contributed by atoms with Crippen molar-refractivity contribution in [3.05, 3.63) is 59.1 Å². The van der Waals surface area contributed by atoms with Gasteiger partial charge in [0.25, 0.3) is 5.56 Å². The van der Waals surface area contributed by atoms with Crippen molar-refractivity contribution in [1.82, 2.24) is 24.7 Å². The highest BCUT2D eigenvalue weighted by Crippen LogP contribution is 2.24. The Hall–Kier alpha value is -3.13. The molecule has 3 N–H and O–H groups in total. The number of hydrogen-bond donors (Lipinski definition) is 2. The molecular weight excluding hydrogens is 336 g/mol. The number of nitrogens with two attached hydrogens (primary N) is 1. The van der Waals surface area contributed by atoms with Crippen LogP contribution in [0.3, 0.4) is 0 Å². The van der Waals surface area contributed by atoms with E-state index in [-0.39, 0.29) is 16.8 Å². The van der Waals surface area contributed by atoms with Crippen LogP contribution in [0.4, 0.5) is 5.82 Å². The number of nitrogens with zero attached hydrogens (tertiary/aromatic N) is 4. The van der Waals surface area contributed by atoms with Gasteiger partial charge in [-0.3, -0.25) is 19.4 Å². The number of hydrogen-bond acceptors (Lipinski definition) is 6. The van der Waals surface area contributed by atoms with Crippen molar-refractivity contribution in [2.75, 3.05) is 12.0 Å². The molecule has 3 heterocycles. The molecule has 0 fully saturated rings. The number of thioether (sulfide) groups is 1. The number of H-pyrrole nitrogens is 1. The van der Waals surface area contributed by atoms with Crippen molar-refractivity contribution in [2.24, 2.45) is 0 Å². The normalized spacial score (nSPS) is 11.1. The smallest absolute Gasteiger partial charge is 0.271 e. The molecule has 4 rings (SSSR count). The minimum absolute atomic E-state index is 0.142. The van der Waals surface area contributed by atoms with E-state index in [0.29, 0.717) is 17.2 Å². The summed E-state index contributed by atoms with van der Waals surface area (Å²) in [6, 6.07) is 11.3. The summed E-state index contributed by atoms with van der Waals surface area (Å²) in [6.07, 6.45) is 5.33. The van der Waals surface area contributed by atoms with Crippen LogP contribution in [0, 0.1) is 0 Å². The number of aromatic nitrogens is 5. The summed E-state index contributed by atoms with van der Waals surface area (Å²) in [5.41, 5.74) is 7.44. The van der Waals surface area contributed by atoms with Crippen LogP contribution in [0.2, 0.25) is 0 Å². The third kappa shape index (κ3) is 2.56. The number of nitrogens with one attached hydrogen (secondary N) is 1. The van der Waals surface area contributed by atoms with Crippen molar-refractivity contribution >= 4 is 28.6 Å². The molecule has 124 valence electrons. The van der Waals surface area contributed by atoms with E-state index in [9.17, 15) is 4.79 Å². The van der Waals surface area contributed by atoms with Gasteiger partial charge in [-0.05, 0) is 42.7 Å². The molecule has 0 spiro atoms. The Kier molecular flexibility index (Phi) is 3.73. The van der Waals surface area contributed by atoms with Crippen LogP contribution in [-0.4, -0.2) is 31.0 Å². The molecular formula is C17H14N6OS. The summed E-state index contributed by atoms with van der Waals surface area (Å²) in [5.74, 6) is 0.642. The van der Waals surface area contributed by atoms with Gasteiger partial charge in [0, 0.05) is 22.9 Å². The van der Waals surface area contributed by atoms with Crippen LogP contribution in [0.5, 0.6) is 0 Å². The fourth-order valence-electron chi connectivity index (χ4n) is 2.67. The minimum Gasteiger partial charge on any atom is -0.381 e. The summed E-state index contributed by atoms with van der Waals surface area (Å²) in [5, 5.41) is 6.92. The van der Waals surface area contributed by atoms with Gasteiger partial charge in [0.05, 0.1) is 5.69 Å². The van der Waals surface area contributed by atoms with Gasteiger partial charge < -0.3 is 5.73 Å². The lowest BCUT2D eigenvalue weighted by Crippen LogP contribution is -2.22. The molecule has 0 aliphatic rings. The van der Waals surface area contributed by atoms with Crippen molar-refractivity contribution in [3.8, 4) is 17.1 Å². The SMILES string of the molecule is CSc1ccc(-n2c(-c3ccncc3)nc3[nH]nc(N)c3c2=O)cc1. The summed E-state index contributed by atoms with van der Waals surface area (Å²) in [7, 11) is 0. The van der Waals surface area contributed by atoms with E-state index in [2.05, 4.69) is 20.2 Å². The Balaban J connectivity index is 2.07. The lowest BCUT2D eigenvalue weighted by molar-refractivity contribution is 0.967. The second kappa shape index (κ2) is 6.06. The first kappa shape index (κ1) is 15.4. The number of nitrogen functional groups attached to an aromatic ring is 1. The first-order chi connectivity index (χ1) is 12.2. The maximum absolute atomic E-state index is 13.1. The van der Waals surface area contributed by atoms with Gasteiger partial charge >= 0.3 is 0 Å². The number of pyridine rings is 1. The zero-order valence-corrected chi connectivity index (χ0v) is 14.1. The van der Waals surface area contributed by atoms with Crippen LogP contribution in [0.25, 0.3) is 28.1 Å². The molecule has 25 heavy (non-hydrogen) atoms. The van der Waals surface area contributed by atoms with Crippen LogP contribution in [0.15, 0.2) is 58.5 Å². The Morgan fingerprint density at radius 3 is 2.52 bits per heavy atom. The average Bonchev–Trinajstić information content (AvgIpc) is 3.04. The first-order valence-electron chi connectivity index (χ1n) is 7.50. The van der Waals surface area contributed by atoms with E-state index in [0.717, 1.165) is 10.5 Å². The first-order valence-corrected chi connectivity index (χ1v) is 8.73. The highest BCUT2D eigenvalue weighted by Gasteiger charge is 2.18. The summed E-state index contributed by atoms with van der Waals surface area (Å²) >= 11 is 1.64. The highest BCUT2D eigenvalue weighted by molar-refractivity contribution is 7.98. The third-order valence-corrected chi connectivity index (χ3v) is 4.63. The molecule has 8 heteroatoms. The molecule has 0 amide bonds. The van der Waals surface area contributed by atoms with E-state index in [1.54, 1.807) is 40.9 Å². The van der Waals surface area contributed by atoms with Crippen LogP contribution in [0.1, 0.15) is 0 Å². The topological polar surface area (TPSA) is 102 Å². The quantitative estimate of drug-likeness (QED) is 0.550. The Morgan fingerprint density at radius 1 is 1.12 bits per heavy atom. The van der Waals surface area contributed by atoms with Gasteiger partial charge in [-0.25, -0.2) is 4.98 Å². The number of anilines is 1. The molecule has 0 saturated carbocycles. The Labute approximate surface area is 146 Å². The number of rotatable bonds is 3. The fourth-order valence-corrected chi connectivity index (χ4v) is 3.08. The average molecular weight is 350 g/mol. The molecule has 0 saturated heterocycles. The molecule has 3 aromatic heterocycles. The second-order valence-electron chi connectivity index (χ2n) is 5.34. The zero-order chi connectivity index (χ0) is 17.4. The number of benzene rings is 1. The molecule has 0 aliphatic heterocycles. The number of aromatic amines is 1. The second-order valence-corrected chi connectivity index (χ2v) is 6.22. The standard InChI is InChI=1S/C17H14N6OS/c1-25-12-4-2-11(3-5-12)23-16(10-6-8-19-9-7-10)20-15-13(17(23)24)14(18)21-22-15/h2-9H,1H3,(H3,18,21,22). The maximum atomic E-state index is 13.1. The largest absolute Gasteiger partial charge is 0.381 e. The van der Waals surface area contributed by atoms with E-state index >= 15 is 0 Å². The van der Waals surface area contributed by atoms with Crippen LogP contribution >= 0.6 is 11.8 Å². The van der Waals surface area contributed by atoms with E-state index < -0.39 is 0 Å². The van der Waals surface area contributed by atoms with Crippen molar-refractivity contribution < 1.29 is 0 Å². The molecule has 7 nitrogen and oxygen atoms in total. The number of fused-ring (bicyclic) bond motifs is 1. The predicted octanol–water partition coefficient (Wildman–Crippen LogP) is 2.47. The van der Waals surface area contributed by atoms with E-state index in [4.69, 9.17) is 5.73 Å². The van der Waals surface area contributed by atoms with E-state index in [1.165, 1.54) is 0 Å².